The van der Waals surface area contributed by atoms with Crippen LogP contribution in [-0.4, -0.2) is 11.8 Å². The molecule has 3 rings (SSSR count). The normalized spacial score (nSPS) is 11.1. The number of carbonyl (C=O) groups excluding carboxylic acids is 2. The Bertz CT molecular complexity index is 1050. The van der Waals surface area contributed by atoms with Gasteiger partial charge in [-0.05, 0) is 55.3 Å². The van der Waals surface area contributed by atoms with Crippen molar-refractivity contribution in [3.63, 3.8) is 0 Å². The number of hydrogen-bond acceptors (Lipinski definition) is 2. The zero-order valence-corrected chi connectivity index (χ0v) is 17.7. The summed E-state index contributed by atoms with van der Waals surface area (Å²) in [4.78, 5) is 25.5. The lowest BCUT2D eigenvalue weighted by atomic mass is 10.1. The number of benzene rings is 3. The largest absolute Gasteiger partial charge is 0.347 e. The first kappa shape index (κ1) is 21.3. The maximum atomic E-state index is 12.9. The molecule has 3 aromatic carbocycles. The molecule has 0 aromatic heterocycles. The van der Waals surface area contributed by atoms with Crippen molar-refractivity contribution in [2.45, 2.75) is 20.4 Å². The van der Waals surface area contributed by atoms with Crippen LogP contribution in [0.2, 0.25) is 5.02 Å². The molecule has 0 atom stereocenters. The van der Waals surface area contributed by atoms with Gasteiger partial charge in [-0.2, -0.15) is 0 Å². The number of rotatable bonds is 6. The van der Waals surface area contributed by atoms with E-state index in [0.29, 0.717) is 17.1 Å². The molecule has 0 heterocycles. The van der Waals surface area contributed by atoms with Gasteiger partial charge in [0.2, 0.25) is 0 Å². The lowest BCUT2D eigenvalue weighted by Crippen LogP contribution is -2.34. The molecule has 0 bridgehead atoms. The molecule has 0 aliphatic heterocycles. The van der Waals surface area contributed by atoms with Gasteiger partial charge in [-0.1, -0.05) is 71.3 Å². The molecule has 2 amide bonds. The molecule has 0 saturated heterocycles. The lowest BCUT2D eigenvalue weighted by molar-refractivity contribution is -0.117. The number of nitrogens with one attached hydrogen (secondary N) is 2. The van der Waals surface area contributed by atoms with Crippen molar-refractivity contribution >= 4 is 29.5 Å². The Morgan fingerprint density at radius 1 is 0.833 bits per heavy atom. The summed E-state index contributed by atoms with van der Waals surface area (Å²) in [6, 6.07) is 22.1. The molecule has 152 valence electrons. The minimum Gasteiger partial charge on any atom is -0.347 e. The summed E-state index contributed by atoms with van der Waals surface area (Å²) in [6.45, 7) is 4.32. The van der Waals surface area contributed by atoms with Crippen molar-refractivity contribution in [2.75, 3.05) is 0 Å². The van der Waals surface area contributed by atoms with Gasteiger partial charge in [0.25, 0.3) is 11.8 Å². The Hall–Kier alpha value is -3.37. The second kappa shape index (κ2) is 9.90. The Morgan fingerprint density at radius 3 is 2.00 bits per heavy atom. The van der Waals surface area contributed by atoms with E-state index in [4.69, 9.17) is 11.6 Å². The van der Waals surface area contributed by atoms with Gasteiger partial charge in [0.15, 0.2) is 0 Å². The van der Waals surface area contributed by atoms with Crippen LogP contribution in [0.3, 0.4) is 0 Å². The second-order valence-corrected chi connectivity index (χ2v) is 7.53. The average molecular weight is 419 g/mol. The van der Waals surface area contributed by atoms with Crippen molar-refractivity contribution in [3.05, 3.63) is 111 Å². The summed E-state index contributed by atoms with van der Waals surface area (Å²) in [5.74, 6) is -0.716. The lowest BCUT2D eigenvalue weighted by Gasteiger charge is -2.12. The molecule has 3 aromatic rings. The third-order valence-corrected chi connectivity index (χ3v) is 4.81. The molecule has 5 heteroatoms. The summed E-state index contributed by atoms with van der Waals surface area (Å²) < 4.78 is 0. The molecular weight excluding hydrogens is 396 g/mol. The van der Waals surface area contributed by atoms with Crippen LogP contribution in [0.1, 0.15) is 32.6 Å². The molecule has 2 N–H and O–H groups in total. The highest BCUT2D eigenvalue weighted by Crippen LogP contribution is 2.13. The van der Waals surface area contributed by atoms with Gasteiger partial charge in [-0.3, -0.25) is 9.59 Å². The maximum Gasteiger partial charge on any atom is 0.268 e. The van der Waals surface area contributed by atoms with Crippen LogP contribution >= 0.6 is 11.6 Å². The summed E-state index contributed by atoms with van der Waals surface area (Å²) >= 11 is 5.95. The Kier molecular flexibility index (Phi) is 7.04. The van der Waals surface area contributed by atoms with Gasteiger partial charge < -0.3 is 10.6 Å². The van der Waals surface area contributed by atoms with Crippen molar-refractivity contribution in [3.8, 4) is 0 Å². The van der Waals surface area contributed by atoms with E-state index >= 15 is 0 Å². The van der Waals surface area contributed by atoms with Crippen molar-refractivity contribution in [1.82, 2.24) is 10.6 Å². The van der Waals surface area contributed by atoms with Crippen LogP contribution in [0.25, 0.3) is 6.08 Å². The number of amides is 2. The molecule has 4 nitrogen and oxygen atoms in total. The Labute approximate surface area is 181 Å². The molecule has 0 fully saturated rings. The smallest absolute Gasteiger partial charge is 0.268 e. The van der Waals surface area contributed by atoms with Gasteiger partial charge >= 0.3 is 0 Å². The number of aryl methyl sites for hydroxylation is 2. The third-order valence-electron chi connectivity index (χ3n) is 4.56. The first-order chi connectivity index (χ1) is 14.4. The first-order valence-electron chi connectivity index (χ1n) is 9.60. The fraction of sp³-hybridized carbons (Fsp3) is 0.120. The van der Waals surface area contributed by atoms with Crippen molar-refractivity contribution < 1.29 is 9.59 Å². The van der Waals surface area contributed by atoms with Crippen LogP contribution < -0.4 is 10.6 Å². The van der Waals surface area contributed by atoms with Crippen LogP contribution in [0.5, 0.6) is 0 Å². The Balaban J connectivity index is 1.79. The summed E-state index contributed by atoms with van der Waals surface area (Å²) in [6.07, 6.45) is 1.63. The van der Waals surface area contributed by atoms with E-state index in [-0.39, 0.29) is 17.5 Å². The van der Waals surface area contributed by atoms with Gasteiger partial charge in [0.05, 0.1) is 0 Å². The predicted octanol–water partition coefficient (Wildman–Crippen LogP) is 5.04. The van der Waals surface area contributed by atoms with Crippen molar-refractivity contribution in [1.29, 1.82) is 0 Å². The van der Waals surface area contributed by atoms with E-state index in [0.717, 1.165) is 22.3 Å². The summed E-state index contributed by atoms with van der Waals surface area (Å²) in [5, 5.41) is 6.20. The standard InChI is InChI=1S/C25H23ClN2O2/c1-17-3-7-20(8-4-17)16-27-25(30)23(15-19-9-13-22(26)14-10-19)28-24(29)21-11-5-18(2)6-12-21/h3-15H,16H2,1-2H3,(H,27,30)(H,28,29). The molecule has 0 aliphatic rings. The van der Waals surface area contributed by atoms with E-state index < -0.39 is 0 Å². The van der Waals surface area contributed by atoms with Gasteiger partial charge in [0, 0.05) is 17.1 Å². The Morgan fingerprint density at radius 2 is 1.40 bits per heavy atom. The van der Waals surface area contributed by atoms with Gasteiger partial charge in [0.1, 0.15) is 5.70 Å². The van der Waals surface area contributed by atoms with Crippen LogP contribution in [0.15, 0.2) is 78.5 Å². The van der Waals surface area contributed by atoms with Crippen molar-refractivity contribution in [2.24, 2.45) is 0 Å². The topological polar surface area (TPSA) is 58.2 Å². The van der Waals surface area contributed by atoms with Crippen LogP contribution in [0.4, 0.5) is 0 Å². The van der Waals surface area contributed by atoms with E-state index in [2.05, 4.69) is 10.6 Å². The third kappa shape index (κ3) is 6.06. The number of hydrogen-bond donors (Lipinski definition) is 2. The van der Waals surface area contributed by atoms with Crippen LogP contribution in [-0.2, 0) is 11.3 Å². The van der Waals surface area contributed by atoms with E-state index in [9.17, 15) is 9.59 Å². The zero-order valence-electron chi connectivity index (χ0n) is 16.9. The molecule has 0 saturated carbocycles. The highest BCUT2D eigenvalue weighted by molar-refractivity contribution is 6.30. The quantitative estimate of drug-likeness (QED) is 0.550. The SMILES string of the molecule is Cc1ccc(CNC(=O)C(=Cc2ccc(Cl)cc2)NC(=O)c2ccc(C)cc2)cc1. The number of halogens is 1. The van der Waals surface area contributed by atoms with Crippen LogP contribution in [0, 0.1) is 13.8 Å². The fourth-order valence-electron chi connectivity index (χ4n) is 2.77. The fourth-order valence-corrected chi connectivity index (χ4v) is 2.89. The molecule has 0 aliphatic carbocycles. The van der Waals surface area contributed by atoms with Gasteiger partial charge in [-0.25, -0.2) is 0 Å². The molecule has 0 radical (unpaired) electrons. The summed E-state index contributed by atoms with van der Waals surface area (Å²) in [5.41, 5.74) is 4.58. The average Bonchev–Trinajstić information content (AvgIpc) is 2.74. The molecule has 0 unspecified atom stereocenters. The molecule has 0 spiro atoms. The minimum atomic E-state index is -0.369. The molecular formula is C25H23ClN2O2. The van der Waals surface area contributed by atoms with E-state index in [1.54, 1.807) is 42.5 Å². The van der Waals surface area contributed by atoms with E-state index in [1.165, 1.54) is 0 Å². The monoisotopic (exact) mass is 418 g/mol. The van der Waals surface area contributed by atoms with Gasteiger partial charge in [-0.15, -0.1) is 0 Å². The number of carbonyl (C=O) groups is 2. The summed E-state index contributed by atoms with van der Waals surface area (Å²) in [7, 11) is 0. The first-order valence-corrected chi connectivity index (χ1v) is 9.97. The highest BCUT2D eigenvalue weighted by atomic mass is 35.5. The maximum absolute atomic E-state index is 12.9. The molecule has 30 heavy (non-hydrogen) atoms. The minimum absolute atomic E-state index is 0.162. The highest BCUT2D eigenvalue weighted by Gasteiger charge is 2.14. The zero-order chi connectivity index (χ0) is 21.5. The second-order valence-electron chi connectivity index (χ2n) is 7.10. The predicted molar refractivity (Wildman–Crippen MR) is 121 cm³/mol. The van der Waals surface area contributed by atoms with E-state index in [1.807, 2.05) is 50.2 Å².